The van der Waals surface area contributed by atoms with E-state index in [9.17, 15) is 14.7 Å². The van der Waals surface area contributed by atoms with Crippen molar-refractivity contribution >= 4 is 41.8 Å². The van der Waals surface area contributed by atoms with Crippen LogP contribution in [0.25, 0.3) is 12.7 Å². The summed E-state index contributed by atoms with van der Waals surface area (Å²) in [5.41, 5.74) is 0.473. The molecule has 0 bridgehead atoms. The number of hydrogen-bond acceptors (Lipinski definition) is 2. The van der Waals surface area contributed by atoms with Crippen molar-refractivity contribution < 1.29 is 14.7 Å². The lowest BCUT2D eigenvalue weighted by Gasteiger charge is -2.09. The smallest absolute Gasteiger partial charge is 0.337 e. The molecule has 0 spiro atoms. The van der Waals surface area contributed by atoms with Gasteiger partial charge in [-0.2, -0.15) is 0 Å². The molecule has 2 aromatic carbocycles. The third-order valence-electron chi connectivity index (χ3n) is 3.19. The van der Waals surface area contributed by atoms with Crippen LogP contribution in [0.2, 0.25) is 5.02 Å². The van der Waals surface area contributed by atoms with Crippen molar-refractivity contribution in [1.82, 2.24) is 0 Å². The summed E-state index contributed by atoms with van der Waals surface area (Å²) in [4.78, 5) is 23.8. The summed E-state index contributed by atoms with van der Waals surface area (Å²) in [5, 5.41) is 13.4. The van der Waals surface area contributed by atoms with E-state index in [0.717, 1.165) is 0 Å². The first kappa shape index (κ1) is 16.5. The summed E-state index contributed by atoms with van der Waals surface area (Å²) in [5.74, 6) is -1.61. The van der Waals surface area contributed by atoms with Gasteiger partial charge in [0.15, 0.2) is 0 Å². The van der Waals surface area contributed by atoms with Gasteiger partial charge in [0.25, 0.3) is 5.91 Å². The number of amides is 1. The zero-order valence-electron chi connectivity index (χ0n) is 12.2. The predicted molar refractivity (Wildman–Crippen MR) is 92.2 cm³/mol. The summed E-state index contributed by atoms with van der Waals surface area (Å²) >= 11 is 5.80. The molecule has 2 N–H and O–H groups in total. The second kappa shape index (κ2) is 6.94. The van der Waals surface area contributed by atoms with Gasteiger partial charge in [-0.1, -0.05) is 49.0 Å². The van der Waals surface area contributed by atoms with E-state index in [1.807, 2.05) is 0 Å². The minimum Gasteiger partial charge on any atom is -0.478 e. The van der Waals surface area contributed by atoms with Crippen molar-refractivity contribution in [2.75, 3.05) is 5.32 Å². The van der Waals surface area contributed by atoms with E-state index >= 15 is 0 Å². The van der Waals surface area contributed by atoms with E-state index in [1.165, 1.54) is 18.2 Å². The number of nitrogens with one attached hydrogen (secondary N) is 1. The van der Waals surface area contributed by atoms with Crippen LogP contribution in [0.15, 0.2) is 49.1 Å². The summed E-state index contributed by atoms with van der Waals surface area (Å²) in [6, 6.07) is 9.37. The van der Waals surface area contributed by atoms with Crippen LogP contribution >= 0.6 is 11.6 Å². The minimum absolute atomic E-state index is 0.0779. The van der Waals surface area contributed by atoms with Crippen molar-refractivity contribution in [2.24, 2.45) is 0 Å². The molecule has 0 atom stereocenters. The van der Waals surface area contributed by atoms with Crippen LogP contribution < -0.4 is 15.8 Å². The number of carboxylic acids is 1. The summed E-state index contributed by atoms with van der Waals surface area (Å²) in [6.07, 6.45) is 3.24. The molecule has 2 rings (SSSR count). The maximum Gasteiger partial charge on any atom is 0.337 e. The van der Waals surface area contributed by atoms with Crippen LogP contribution in [0.5, 0.6) is 0 Å². The monoisotopic (exact) mass is 327 g/mol. The molecular formula is C18H14ClNO3. The Morgan fingerprint density at radius 3 is 2.57 bits per heavy atom. The van der Waals surface area contributed by atoms with Crippen LogP contribution in [-0.2, 0) is 0 Å². The number of allylic oxidation sites excluding steroid dienone is 1. The molecule has 0 unspecified atom stereocenters. The first-order chi connectivity index (χ1) is 10.9. The van der Waals surface area contributed by atoms with E-state index in [2.05, 4.69) is 18.5 Å². The SMILES string of the molecule is C=C/C=c1/c(C(=O)Nc2ccc(Cl)cc2C(=O)O)cccc1=C. The fourth-order valence-corrected chi connectivity index (χ4v) is 2.29. The van der Waals surface area contributed by atoms with Gasteiger partial charge in [0.05, 0.1) is 11.3 Å². The van der Waals surface area contributed by atoms with Gasteiger partial charge in [0.2, 0.25) is 0 Å². The topological polar surface area (TPSA) is 66.4 Å². The minimum atomic E-state index is -1.17. The lowest BCUT2D eigenvalue weighted by molar-refractivity contribution is 0.0698. The molecule has 0 heterocycles. The van der Waals surface area contributed by atoms with E-state index in [1.54, 1.807) is 30.4 Å². The number of rotatable bonds is 4. The lowest BCUT2D eigenvalue weighted by Crippen LogP contribution is -2.32. The first-order valence-electron chi connectivity index (χ1n) is 6.69. The molecule has 0 fully saturated rings. The van der Waals surface area contributed by atoms with Gasteiger partial charge in [0, 0.05) is 10.6 Å². The number of benzene rings is 2. The Kier molecular flexibility index (Phi) is 4.98. The van der Waals surface area contributed by atoms with Gasteiger partial charge < -0.3 is 10.4 Å². The average Bonchev–Trinajstić information content (AvgIpc) is 2.51. The third kappa shape index (κ3) is 3.67. The van der Waals surface area contributed by atoms with Gasteiger partial charge in [-0.15, -0.1) is 0 Å². The van der Waals surface area contributed by atoms with Gasteiger partial charge in [-0.05, 0) is 34.7 Å². The van der Waals surface area contributed by atoms with E-state index in [0.29, 0.717) is 16.0 Å². The van der Waals surface area contributed by atoms with Gasteiger partial charge in [-0.25, -0.2) is 4.79 Å². The Balaban J connectivity index is 2.48. The van der Waals surface area contributed by atoms with Crippen molar-refractivity contribution in [3.8, 4) is 0 Å². The first-order valence-corrected chi connectivity index (χ1v) is 7.06. The normalized spacial score (nSPS) is 11.1. The van der Waals surface area contributed by atoms with Gasteiger partial charge in [-0.3, -0.25) is 4.79 Å². The highest BCUT2D eigenvalue weighted by atomic mass is 35.5. The largest absolute Gasteiger partial charge is 0.478 e. The number of anilines is 1. The summed E-state index contributed by atoms with van der Waals surface area (Å²) in [6.45, 7) is 7.50. The van der Waals surface area contributed by atoms with Crippen LogP contribution in [0, 0.1) is 0 Å². The zero-order chi connectivity index (χ0) is 17.0. The quantitative estimate of drug-likeness (QED) is 0.907. The predicted octanol–water partition coefficient (Wildman–Crippen LogP) is 2.67. The molecule has 2 aromatic rings. The Morgan fingerprint density at radius 1 is 1.17 bits per heavy atom. The number of carbonyl (C=O) groups is 2. The Bertz CT molecular complexity index is 903. The molecule has 0 aliphatic rings. The lowest BCUT2D eigenvalue weighted by atomic mass is 10.1. The van der Waals surface area contributed by atoms with E-state index in [-0.39, 0.29) is 16.3 Å². The second-order valence-corrected chi connectivity index (χ2v) is 5.17. The summed E-state index contributed by atoms with van der Waals surface area (Å²) in [7, 11) is 0. The third-order valence-corrected chi connectivity index (χ3v) is 3.42. The number of carbonyl (C=O) groups excluding carboxylic acids is 1. The highest BCUT2D eigenvalue weighted by Crippen LogP contribution is 2.21. The summed E-state index contributed by atoms with van der Waals surface area (Å²) < 4.78 is 0. The van der Waals surface area contributed by atoms with Crippen molar-refractivity contribution in [3.05, 3.63) is 75.6 Å². The number of aromatic carboxylic acids is 1. The molecule has 5 heteroatoms. The maximum absolute atomic E-state index is 12.5. The molecule has 0 aromatic heterocycles. The molecular weight excluding hydrogens is 314 g/mol. The number of carboxylic acid groups (broad SMARTS) is 1. The average molecular weight is 328 g/mol. The molecule has 0 radical (unpaired) electrons. The van der Waals surface area contributed by atoms with Crippen molar-refractivity contribution in [3.63, 3.8) is 0 Å². The molecule has 1 amide bonds. The van der Waals surface area contributed by atoms with Gasteiger partial charge in [0.1, 0.15) is 0 Å². The van der Waals surface area contributed by atoms with Crippen LogP contribution in [0.1, 0.15) is 20.7 Å². The molecule has 4 nitrogen and oxygen atoms in total. The Hall–Kier alpha value is -2.85. The molecule has 0 saturated heterocycles. The Labute approximate surface area is 138 Å². The van der Waals surface area contributed by atoms with E-state index < -0.39 is 11.9 Å². The van der Waals surface area contributed by atoms with E-state index in [4.69, 9.17) is 11.6 Å². The molecule has 0 aliphatic heterocycles. The Morgan fingerprint density at radius 2 is 1.91 bits per heavy atom. The van der Waals surface area contributed by atoms with Gasteiger partial charge >= 0.3 is 5.97 Å². The van der Waals surface area contributed by atoms with Crippen LogP contribution in [-0.4, -0.2) is 17.0 Å². The highest BCUT2D eigenvalue weighted by molar-refractivity contribution is 6.31. The fraction of sp³-hybridized carbons (Fsp3) is 0. The molecule has 116 valence electrons. The maximum atomic E-state index is 12.5. The molecule has 0 aliphatic carbocycles. The standard InChI is InChI=1S/C18H14ClNO3/c1-3-5-13-11(2)6-4-7-14(13)17(21)20-16-9-8-12(19)10-15(16)18(22)23/h3-10H,1-2H2,(H,20,21)(H,22,23)/b13-5+. The van der Waals surface area contributed by atoms with Crippen LogP contribution in [0.4, 0.5) is 5.69 Å². The van der Waals surface area contributed by atoms with Crippen molar-refractivity contribution in [1.29, 1.82) is 0 Å². The molecule has 23 heavy (non-hydrogen) atoms. The second-order valence-electron chi connectivity index (χ2n) is 4.73. The number of hydrogen-bond donors (Lipinski definition) is 2. The highest BCUT2D eigenvalue weighted by Gasteiger charge is 2.15. The van der Waals surface area contributed by atoms with Crippen LogP contribution in [0.3, 0.4) is 0 Å². The molecule has 0 saturated carbocycles. The number of halogens is 1. The zero-order valence-corrected chi connectivity index (χ0v) is 12.9. The fourth-order valence-electron chi connectivity index (χ4n) is 2.12. The van der Waals surface area contributed by atoms with Crippen molar-refractivity contribution in [2.45, 2.75) is 0 Å².